The minimum absolute atomic E-state index is 0.423. The summed E-state index contributed by atoms with van der Waals surface area (Å²) in [6.07, 6.45) is 6.13. The van der Waals surface area contributed by atoms with Crippen LogP contribution in [0.5, 0.6) is 0 Å². The summed E-state index contributed by atoms with van der Waals surface area (Å²) >= 11 is 1.51. The predicted octanol–water partition coefficient (Wildman–Crippen LogP) is 2.48. The van der Waals surface area contributed by atoms with Gasteiger partial charge in [0.1, 0.15) is 0 Å². The molecule has 1 aromatic heterocycles. The van der Waals surface area contributed by atoms with Crippen LogP contribution in [0.2, 0.25) is 0 Å². The lowest BCUT2D eigenvalue weighted by molar-refractivity contribution is 0.112. The lowest BCUT2D eigenvalue weighted by Gasteiger charge is -2.21. The van der Waals surface area contributed by atoms with Crippen LogP contribution >= 0.6 is 11.3 Å². The molecule has 5 heteroatoms. The quantitative estimate of drug-likeness (QED) is 0.711. The second kappa shape index (κ2) is 4.97. The highest BCUT2D eigenvalue weighted by Gasteiger charge is 2.35. The number of carbonyl (C=O) groups is 1. The van der Waals surface area contributed by atoms with Crippen molar-refractivity contribution in [2.75, 3.05) is 18.6 Å². The third kappa shape index (κ3) is 2.57. The molecule has 0 aliphatic heterocycles. The maximum Gasteiger partial charge on any atom is 0.186 e. The molecular weight excluding hydrogens is 248 g/mol. The Labute approximate surface area is 111 Å². The number of hydrogen-bond donors (Lipinski definition) is 0. The Balaban J connectivity index is 1.81. The van der Waals surface area contributed by atoms with Gasteiger partial charge in [-0.2, -0.15) is 0 Å². The number of aromatic nitrogens is 1. The van der Waals surface area contributed by atoms with Crippen molar-refractivity contribution in [1.82, 2.24) is 4.98 Å². The number of rotatable bonds is 7. The zero-order chi connectivity index (χ0) is 12.5. The molecule has 3 rings (SSSR count). The molecule has 2 aliphatic rings. The lowest BCUT2D eigenvalue weighted by Crippen LogP contribution is -2.27. The van der Waals surface area contributed by atoms with Crippen LogP contribution in [0.15, 0.2) is 0 Å². The van der Waals surface area contributed by atoms with E-state index in [9.17, 15) is 4.79 Å². The van der Waals surface area contributed by atoms with Crippen molar-refractivity contribution >= 4 is 22.8 Å². The molecule has 0 unspecified atom stereocenters. The van der Waals surface area contributed by atoms with Crippen molar-refractivity contribution in [2.24, 2.45) is 5.92 Å². The van der Waals surface area contributed by atoms with Gasteiger partial charge in [-0.25, -0.2) is 4.98 Å². The molecule has 2 saturated carbocycles. The predicted molar refractivity (Wildman–Crippen MR) is 71.3 cm³/mol. The van der Waals surface area contributed by atoms with Crippen molar-refractivity contribution in [3.05, 3.63) is 10.6 Å². The number of anilines is 1. The molecule has 0 bridgehead atoms. The summed E-state index contributed by atoms with van der Waals surface area (Å²) in [4.78, 5) is 18.8. The van der Waals surface area contributed by atoms with E-state index in [2.05, 4.69) is 9.88 Å². The summed E-state index contributed by atoms with van der Waals surface area (Å²) in [5.74, 6) is 0.847. The van der Waals surface area contributed by atoms with E-state index in [-0.39, 0.29) is 0 Å². The summed E-state index contributed by atoms with van der Waals surface area (Å²) in [7, 11) is 1.64. The number of methoxy groups -OCH3 is 1. The standard InChI is InChI=1S/C13H18N2O2S/c1-17-8-11-12(7-16)18-13(14-11)15(10-4-5-10)6-9-2-3-9/h7,9-10H,2-6,8H2,1H3. The highest BCUT2D eigenvalue weighted by molar-refractivity contribution is 7.17. The van der Waals surface area contributed by atoms with E-state index in [1.165, 1.54) is 37.0 Å². The van der Waals surface area contributed by atoms with Gasteiger partial charge in [0.15, 0.2) is 11.4 Å². The Morgan fingerprint density at radius 1 is 1.44 bits per heavy atom. The molecule has 98 valence electrons. The first kappa shape index (κ1) is 12.1. The van der Waals surface area contributed by atoms with Gasteiger partial charge in [-0.15, -0.1) is 0 Å². The molecular formula is C13H18N2O2S. The molecule has 1 heterocycles. The van der Waals surface area contributed by atoms with E-state index in [0.717, 1.165) is 29.6 Å². The Morgan fingerprint density at radius 3 is 2.78 bits per heavy atom. The molecule has 0 atom stereocenters. The number of aldehydes is 1. The summed E-state index contributed by atoms with van der Waals surface area (Å²) in [6, 6.07) is 0.659. The van der Waals surface area contributed by atoms with Crippen LogP contribution in [0.1, 0.15) is 41.0 Å². The Bertz CT molecular complexity index is 438. The van der Waals surface area contributed by atoms with E-state index in [1.807, 2.05) is 0 Å². The van der Waals surface area contributed by atoms with Gasteiger partial charge in [0.2, 0.25) is 0 Å². The van der Waals surface area contributed by atoms with Crippen LogP contribution in [0.3, 0.4) is 0 Å². The smallest absolute Gasteiger partial charge is 0.186 e. The second-order valence-corrected chi connectivity index (χ2v) is 6.19. The van der Waals surface area contributed by atoms with Crippen molar-refractivity contribution < 1.29 is 9.53 Å². The average Bonchev–Trinajstić information content (AvgIpc) is 3.25. The third-order valence-corrected chi connectivity index (χ3v) is 4.55. The summed E-state index contributed by atoms with van der Waals surface area (Å²) in [6.45, 7) is 1.54. The average molecular weight is 266 g/mol. The number of thiazole rings is 1. The van der Waals surface area contributed by atoms with Gasteiger partial charge in [-0.1, -0.05) is 11.3 Å². The minimum atomic E-state index is 0.423. The van der Waals surface area contributed by atoms with Gasteiger partial charge in [0.25, 0.3) is 0 Å². The molecule has 18 heavy (non-hydrogen) atoms. The van der Waals surface area contributed by atoms with Gasteiger partial charge in [-0.05, 0) is 31.6 Å². The van der Waals surface area contributed by atoms with Crippen molar-refractivity contribution in [3.8, 4) is 0 Å². The number of ether oxygens (including phenoxy) is 1. The summed E-state index contributed by atoms with van der Waals surface area (Å²) in [5, 5.41) is 1.01. The van der Waals surface area contributed by atoms with E-state index >= 15 is 0 Å². The van der Waals surface area contributed by atoms with E-state index in [0.29, 0.717) is 17.5 Å². The second-order valence-electron chi connectivity index (χ2n) is 5.19. The third-order valence-electron chi connectivity index (χ3n) is 3.49. The van der Waals surface area contributed by atoms with Crippen LogP contribution in [-0.2, 0) is 11.3 Å². The summed E-state index contributed by atoms with van der Waals surface area (Å²) < 4.78 is 5.10. The maximum absolute atomic E-state index is 11.1. The van der Waals surface area contributed by atoms with Crippen LogP contribution in [-0.4, -0.2) is 31.0 Å². The first-order valence-electron chi connectivity index (χ1n) is 6.52. The Morgan fingerprint density at radius 2 is 2.22 bits per heavy atom. The van der Waals surface area contributed by atoms with Crippen LogP contribution in [0.4, 0.5) is 5.13 Å². The monoisotopic (exact) mass is 266 g/mol. The molecule has 0 radical (unpaired) electrons. The van der Waals surface area contributed by atoms with Gasteiger partial charge < -0.3 is 9.64 Å². The zero-order valence-electron chi connectivity index (χ0n) is 10.6. The van der Waals surface area contributed by atoms with Gasteiger partial charge in [0, 0.05) is 19.7 Å². The SMILES string of the molecule is COCc1nc(N(CC2CC2)C2CC2)sc1C=O. The van der Waals surface area contributed by atoms with Gasteiger partial charge in [-0.3, -0.25) is 4.79 Å². The maximum atomic E-state index is 11.1. The minimum Gasteiger partial charge on any atom is -0.378 e. The fourth-order valence-electron chi connectivity index (χ4n) is 2.15. The zero-order valence-corrected chi connectivity index (χ0v) is 11.4. The highest BCUT2D eigenvalue weighted by Crippen LogP contribution is 2.39. The van der Waals surface area contributed by atoms with Crippen LogP contribution < -0.4 is 4.90 Å². The van der Waals surface area contributed by atoms with Gasteiger partial charge >= 0.3 is 0 Å². The van der Waals surface area contributed by atoms with E-state index in [1.54, 1.807) is 7.11 Å². The lowest BCUT2D eigenvalue weighted by atomic mass is 10.3. The molecule has 2 aliphatic carbocycles. The largest absolute Gasteiger partial charge is 0.378 e. The Kier molecular flexibility index (Phi) is 3.35. The van der Waals surface area contributed by atoms with Gasteiger partial charge in [0.05, 0.1) is 17.2 Å². The molecule has 0 spiro atoms. The summed E-state index contributed by atoms with van der Waals surface area (Å²) in [5.41, 5.74) is 0.786. The molecule has 0 saturated heterocycles. The molecule has 0 aromatic carbocycles. The van der Waals surface area contributed by atoms with E-state index in [4.69, 9.17) is 4.74 Å². The topological polar surface area (TPSA) is 42.4 Å². The van der Waals surface area contributed by atoms with Crippen molar-refractivity contribution in [3.63, 3.8) is 0 Å². The molecule has 2 fully saturated rings. The molecule has 4 nitrogen and oxygen atoms in total. The normalized spacial score (nSPS) is 18.9. The van der Waals surface area contributed by atoms with E-state index < -0.39 is 0 Å². The Hall–Kier alpha value is -0.940. The molecule has 1 aromatic rings. The van der Waals surface area contributed by atoms with Crippen LogP contribution in [0.25, 0.3) is 0 Å². The number of hydrogen-bond acceptors (Lipinski definition) is 5. The van der Waals surface area contributed by atoms with Crippen LogP contribution in [0, 0.1) is 5.92 Å². The number of nitrogens with zero attached hydrogens (tertiary/aromatic N) is 2. The fourth-order valence-corrected chi connectivity index (χ4v) is 3.12. The fraction of sp³-hybridized carbons (Fsp3) is 0.692. The molecule has 0 amide bonds. The number of carbonyl (C=O) groups excluding carboxylic acids is 1. The first-order chi connectivity index (χ1) is 8.81. The first-order valence-corrected chi connectivity index (χ1v) is 7.34. The van der Waals surface area contributed by atoms with Crippen molar-refractivity contribution in [1.29, 1.82) is 0 Å². The van der Waals surface area contributed by atoms with Crippen molar-refractivity contribution in [2.45, 2.75) is 38.3 Å². The molecule has 0 N–H and O–H groups in total. The highest BCUT2D eigenvalue weighted by atomic mass is 32.1.